The number of hydrogen-bond acceptors (Lipinski definition) is 8. The minimum Gasteiger partial charge on any atom is -0.466 e. The average molecular weight is 497 g/mol. The number of carbonyl (C=O) groups is 3. The summed E-state index contributed by atoms with van der Waals surface area (Å²) in [5, 5.41) is 4.97. The normalized spacial score (nSPS) is 14.4. The molecule has 3 aromatic rings. The van der Waals surface area contributed by atoms with Crippen molar-refractivity contribution in [1.29, 1.82) is 0 Å². The quantitative estimate of drug-likeness (QED) is 0.453. The summed E-state index contributed by atoms with van der Waals surface area (Å²) in [5.74, 6) is 0.0833. The molecule has 36 heavy (non-hydrogen) atoms. The fourth-order valence-electron chi connectivity index (χ4n) is 4.51. The molecule has 0 radical (unpaired) electrons. The van der Waals surface area contributed by atoms with Crippen molar-refractivity contribution in [1.82, 2.24) is 19.7 Å². The SMILES string of the molecule is CCOC(=O)C1CCN(C(=O)COC(=O)c2cc(-c3cc(C)oc3C)nc3c2cnn3C(C)C)CC1. The smallest absolute Gasteiger partial charge is 0.339 e. The van der Waals surface area contributed by atoms with Crippen LogP contribution in [-0.4, -0.2) is 63.8 Å². The van der Waals surface area contributed by atoms with Crippen molar-refractivity contribution >= 4 is 28.9 Å². The van der Waals surface area contributed by atoms with Crippen molar-refractivity contribution in [2.24, 2.45) is 5.92 Å². The number of likely N-dealkylation sites (tertiary alicyclic amines) is 1. The van der Waals surface area contributed by atoms with E-state index in [1.54, 1.807) is 28.8 Å². The third kappa shape index (κ3) is 5.12. The molecule has 0 aromatic carbocycles. The molecule has 3 aromatic heterocycles. The highest BCUT2D eigenvalue weighted by Crippen LogP contribution is 2.30. The molecule has 4 heterocycles. The number of furan rings is 1. The highest BCUT2D eigenvalue weighted by atomic mass is 16.5. The molecule has 0 spiro atoms. The topological polar surface area (TPSA) is 117 Å². The minimum atomic E-state index is -0.625. The lowest BCUT2D eigenvalue weighted by Crippen LogP contribution is -2.42. The maximum atomic E-state index is 13.2. The van der Waals surface area contributed by atoms with Gasteiger partial charge in [0.25, 0.3) is 5.91 Å². The molecule has 0 aliphatic carbocycles. The predicted molar refractivity (Wildman–Crippen MR) is 131 cm³/mol. The van der Waals surface area contributed by atoms with E-state index in [9.17, 15) is 14.4 Å². The Morgan fingerprint density at radius 3 is 2.47 bits per heavy atom. The van der Waals surface area contributed by atoms with E-state index >= 15 is 0 Å². The number of pyridine rings is 1. The number of fused-ring (bicyclic) bond motifs is 1. The van der Waals surface area contributed by atoms with Crippen molar-refractivity contribution in [3.05, 3.63) is 35.4 Å². The second-order valence-corrected chi connectivity index (χ2v) is 9.29. The molecular weight excluding hydrogens is 464 g/mol. The number of hydrogen-bond donors (Lipinski definition) is 0. The largest absolute Gasteiger partial charge is 0.466 e. The van der Waals surface area contributed by atoms with Crippen LogP contribution in [0, 0.1) is 19.8 Å². The number of esters is 2. The molecule has 0 saturated carbocycles. The van der Waals surface area contributed by atoms with Crippen molar-refractivity contribution in [2.75, 3.05) is 26.3 Å². The van der Waals surface area contributed by atoms with Crippen LogP contribution in [0.25, 0.3) is 22.3 Å². The van der Waals surface area contributed by atoms with E-state index in [1.165, 1.54) is 0 Å². The van der Waals surface area contributed by atoms with Gasteiger partial charge in [-0.3, -0.25) is 9.59 Å². The molecule has 192 valence electrons. The Hall–Kier alpha value is -3.69. The molecule has 10 nitrogen and oxygen atoms in total. The van der Waals surface area contributed by atoms with E-state index in [1.807, 2.05) is 33.8 Å². The van der Waals surface area contributed by atoms with E-state index in [0.29, 0.717) is 55.0 Å². The van der Waals surface area contributed by atoms with Gasteiger partial charge in [-0.15, -0.1) is 0 Å². The summed E-state index contributed by atoms with van der Waals surface area (Å²) in [6.07, 6.45) is 2.66. The van der Waals surface area contributed by atoms with Crippen molar-refractivity contribution in [3.8, 4) is 11.3 Å². The van der Waals surface area contributed by atoms with Gasteiger partial charge in [0, 0.05) is 24.7 Å². The Morgan fingerprint density at radius 1 is 1.14 bits per heavy atom. The molecule has 0 unspecified atom stereocenters. The first-order chi connectivity index (χ1) is 17.2. The predicted octanol–water partition coefficient (Wildman–Crippen LogP) is 3.85. The zero-order valence-corrected chi connectivity index (χ0v) is 21.4. The molecular formula is C26H32N4O6. The van der Waals surface area contributed by atoms with Crippen molar-refractivity contribution in [2.45, 2.75) is 53.5 Å². The van der Waals surface area contributed by atoms with Gasteiger partial charge in [0.15, 0.2) is 12.3 Å². The van der Waals surface area contributed by atoms with Gasteiger partial charge < -0.3 is 18.8 Å². The van der Waals surface area contributed by atoms with Crippen LogP contribution in [-0.2, 0) is 19.1 Å². The Labute approximate surface area is 209 Å². The maximum absolute atomic E-state index is 13.2. The average Bonchev–Trinajstić information content (AvgIpc) is 3.44. The van der Waals surface area contributed by atoms with Gasteiger partial charge in [0.1, 0.15) is 11.5 Å². The van der Waals surface area contributed by atoms with Gasteiger partial charge in [-0.05, 0) is 59.6 Å². The molecule has 1 fully saturated rings. The van der Waals surface area contributed by atoms with Gasteiger partial charge in [-0.1, -0.05) is 0 Å². The summed E-state index contributed by atoms with van der Waals surface area (Å²) in [6, 6.07) is 3.56. The third-order valence-corrected chi connectivity index (χ3v) is 6.39. The number of aromatic nitrogens is 3. The van der Waals surface area contributed by atoms with Crippen LogP contribution in [0.5, 0.6) is 0 Å². The monoisotopic (exact) mass is 496 g/mol. The van der Waals surface area contributed by atoms with Crippen LogP contribution in [0.15, 0.2) is 22.7 Å². The zero-order valence-electron chi connectivity index (χ0n) is 21.4. The second-order valence-electron chi connectivity index (χ2n) is 9.29. The summed E-state index contributed by atoms with van der Waals surface area (Å²) in [5.41, 5.74) is 2.19. The van der Waals surface area contributed by atoms with Crippen LogP contribution in [0.4, 0.5) is 0 Å². The van der Waals surface area contributed by atoms with Gasteiger partial charge in [-0.25, -0.2) is 14.5 Å². The molecule has 1 aliphatic rings. The number of nitrogens with zero attached hydrogens (tertiary/aromatic N) is 4. The Bertz CT molecular complexity index is 1280. The summed E-state index contributed by atoms with van der Waals surface area (Å²) in [6.45, 7) is 10.2. The Morgan fingerprint density at radius 2 is 1.86 bits per heavy atom. The number of amides is 1. The standard InChI is InChI=1S/C26H32N4O6/c1-6-34-25(32)18-7-9-29(10-8-18)23(31)14-35-26(33)20-12-22(19-11-16(4)36-17(19)5)28-24-21(20)13-27-30(24)15(2)3/h11-13,15,18H,6-10,14H2,1-5H3. The zero-order chi connectivity index (χ0) is 26.0. The highest BCUT2D eigenvalue weighted by Gasteiger charge is 2.29. The first kappa shape index (κ1) is 25.4. The third-order valence-electron chi connectivity index (χ3n) is 6.39. The van der Waals surface area contributed by atoms with E-state index in [2.05, 4.69) is 5.10 Å². The van der Waals surface area contributed by atoms with Crippen LogP contribution in [0.3, 0.4) is 0 Å². The lowest BCUT2D eigenvalue weighted by molar-refractivity contribution is -0.151. The number of ether oxygens (including phenoxy) is 2. The number of piperidine rings is 1. The minimum absolute atomic E-state index is 0.0282. The van der Waals surface area contributed by atoms with E-state index in [-0.39, 0.29) is 36.0 Å². The van der Waals surface area contributed by atoms with E-state index in [0.717, 1.165) is 11.3 Å². The van der Waals surface area contributed by atoms with Gasteiger partial charge in [0.05, 0.1) is 35.4 Å². The fourth-order valence-corrected chi connectivity index (χ4v) is 4.51. The number of rotatable bonds is 7. The highest BCUT2D eigenvalue weighted by molar-refractivity contribution is 6.04. The summed E-state index contributed by atoms with van der Waals surface area (Å²) >= 11 is 0. The van der Waals surface area contributed by atoms with Gasteiger partial charge >= 0.3 is 11.9 Å². The summed E-state index contributed by atoms with van der Waals surface area (Å²) < 4.78 is 17.9. The lowest BCUT2D eigenvalue weighted by Gasteiger charge is -2.30. The van der Waals surface area contributed by atoms with Crippen LogP contribution in [0.1, 0.15) is 61.5 Å². The molecule has 1 amide bonds. The molecule has 1 saturated heterocycles. The first-order valence-electron chi connectivity index (χ1n) is 12.3. The summed E-state index contributed by atoms with van der Waals surface area (Å²) in [4.78, 5) is 44.2. The number of aryl methyl sites for hydroxylation is 2. The Kier molecular flexibility index (Phi) is 7.42. The van der Waals surface area contributed by atoms with Gasteiger partial charge in [-0.2, -0.15) is 5.10 Å². The second kappa shape index (κ2) is 10.5. The maximum Gasteiger partial charge on any atom is 0.339 e. The molecule has 1 aliphatic heterocycles. The van der Waals surface area contributed by atoms with Crippen LogP contribution < -0.4 is 0 Å². The molecule has 0 atom stereocenters. The van der Waals surface area contributed by atoms with Gasteiger partial charge in [0.2, 0.25) is 0 Å². The van der Waals surface area contributed by atoms with Crippen LogP contribution >= 0.6 is 0 Å². The first-order valence-corrected chi connectivity index (χ1v) is 12.3. The Balaban J connectivity index is 1.51. The van der Waals surface area contributed by atoms with Crippen molar-refractivity contribution in [3.63, 3.8) is 0 Å². The van der Waals surface area contributed by atoms with E-state index < -0.39 is 5.97 Å². The lowest BCUT2D eigenvalue weighted by atomic mass is 9.97. The molecule has 10 heteroatoms. The molecule has 0 bridgehead atoms. The van der Waals surface area contributed by atoms with Crippen molar-refractivity contribution < 1.29 is 28.3 Å². The molecule has 4 rings (SSSR count). The fraction of sp³-hybridized carbons (Fsp3) is 0.500. The number of carbonyl (C=O) groups excluding carboxylic acids is 3. The summed E-state index contributed by atoms with van der Waals surface area (Å²) in [7, 11) is 0. The van der Waals surface area contributed by atoms with Crippen LogP contribution in [0.2, 0.25) is 0 Å². The van der Waals surface area contributed by atoms with E-state index in [4.69, 9.17) is 18.9 Å². The molecule has 0 N–H and O–H groups in total.